The minimum absolute atomic E-state index is 0. The van der Waals surface area contributed by atoms with Crippen LogP contribution in [0.2, 0.25) is 0 Å². The van der Waals surface area contributed by atoms with Crippen LogP contribution in [-0.4, -0.2) is 30.6 Å². The molecule has 0 saturated carbocycles. The average molecular weight is 287 g/mol. The molecule has 1 aliphatic heterocycles. The predicted molar refractivity (Wildman–Crippen MR) is 80.3 cm³/mol. The zero-order chi connectivity index (χ0) is 13.0. The highest BCUT2D eigenvalue weighted by Gasteiger charge is 2.22. The Morgan fingerprint density at radius 1 is 1.32 bits per heavy atom. The van der Waals surface area contributed by atoms with E-state index in [1.165, 1.54) is 24.8 Å². The lowest BCUT2D eigenvalue weighted by Gasteiger charge is -2.36. The first kappa shape index (κ1) is 16.4. The summed E-state index contributed by atoms with van der Waals surface area (Å²) in [5.74, 6) is 0.265. The van der Waals surface area contributed by atoms with E-state index in [1.807, 2.05) is 12.1 Å². The Morgan fingerprint density at radius 2 is 2.00 bits per heavy atom. The van der Waals surface area contributed by atoms with E-state index in [4.69, 9.17) is 5.73 Å². The molecule has 1 fully saturated rings. The summed E-state index contributed by atoms with van der Waals surface area (Å²) in [5, 5.41) is 0. The molecule has 108 valence electrons. The minimum Gasteiger partial charge on any atom is -0.329 e. The molecule has 2 rings (SSSR count). The molecule has 19 heavy (non-hydrogen) atoms. The first-order chi connectivity index (χ1) is 8.70. The fourth-order valence-corrected chi connectivity index (χ4v) is 2.82. The molecule has 0 amide bonds. The number of hydrogen-bond acceptors (Lipinski definition) is 2. The van der Waals surface area contributed by atoms with Crippen molar-refractivity contribution in [1.29, 1.82) is 0 Å². The maximum atomic E-state index is 12.9. The van der Waals surface area contributed by atoms with Crippen LogP contribution in [0.1, 0.15) is 37.7 Å². The summed E-state index contributed by atoms with van der Waals surface area (Å²) in [5.41, 5.74) is 7.04. The zero-order valence-corrected chi connectivity index (χ0v) is 12.3. The Hall–Kier alpha value is -0.640. The summed E-state index contributed by atoms with van der Waals surface area (Å²) in [7, 11) is 0. The SMILES string of the molecule is CC(CN1CCCCC1CN)c1ccc(F)cc1.Cl. The van der Waals surface area contributed by atoms with Gasteiger partial charge >= 0.3 is 0 Å². The number of piperidine rings is 1. The van der Waals surface area contributed by atoms with E-state index in [0.29, 0.717) is 12.0 Å². The molecule has 0 radical (unpaired) electrons. The van der Waals surface area contributed by atoms with Gasteiger partial charge in [0.05, 0.1) is 0 Å². The van der Waals surface area contributed by atoms with Gasteiger partial charge in [0.15, 0.2) is 0 Å². The summed E-state index contributed by atoms with van der Waals surface area (Å²) in [6, 6.07) is 7.40. The van der Waals surface area contributed by atoms with Crippen LogP contribution in [0.15, 0.2) is 24.3 Å². The number of nitrogens with two attached hydrogens (primary N) is 1. The largest absolute Gasteiger partial charge is 0.329 e. The molecular formula is C15H24ClFN2. The molecule has 4 heteroatoms. The molecule has 0 aromatic heterocycles. The van der Waals surface area contributed by atoms with Crippen LogP contribution in [0.3, 0.4) is 0 Å². The topological polar surface area (TPSA) is 29.3 Å². The maximum Gasteiger partial charge on any atom is 0.123 e. The van der Waals surface area contributed by atoms with E-state index in [9.17, 15) is 4.39 Å². The average Bonchev–Trinajstić information content (AvgIpc) is 2.40. The number of likely N-dealkylation sites (tertiary alicyclic amines) is 1. The van der Waals surface area contributed by atoms with Crippen molar-refractivity contribution in [2.45, 2.75) is 38.1 Å². The standard InChI is InChI=1S/C15H23FN2.ClH/c1-12(13-5-7-14(16)8-6-13)11-18-9-3-2-4-15(18)10-17;/h5-8,12,15H,2-4,9-11,17H2,1H3;1H. The van der Waals surface area contributed by atoms with Crippen LogP contribution in [-0.2, 0) is 0 Å². The van der Waals surface area contributed by atoms with Crippen molar-refractivity contribution < 1.29 is 4.39 Å². The van der Waals surface area contributed by atoms with Crippen molar-refractivity contribution in [2.24, 2.45) is 5.73 Å². The molecule has 2 nitrogen and oxygen atoms in total. The van der Waals surface area contributed by atoms with Crippen molar-refractivity contribution >= 4 is 12.4 Å². The fraction of sp³-hybridized carbons (Fsp3) is 0.600. The van der Waals surface area contributed by atoms with E-state index < -0.39 is 0 Å². The Kier molecular flexibility index (Phi) is 6.76. The van der Waals surface area contributed by atoms with Crippen molar-refractivity contribution in [1.82, 2.24) is 4.90 Å². The number of nitrogens with zero attached hydrogens (tertiary/aromatic N) is 1. The molecule has 0 aliphatic carbocycles. The summed E-state index contributed by atoms with van der Waals surface area (Å²) >= 11 is 0. The quantitative estimate of drug-likeness (QED) is 0.921. The van der Waals surface area contributed by atoms with E-state index in [0.717, 1.165) is 19.6 Å². The third kappa shape index (κ3) is 4.44. The molecule has 0 bridgehead atoms. The van der Waals surface area contributed by atoms with E-state index in [-0.39, 0.29) is 18.2 Å². The summed E-state index contributed by atoms with van der Waals surface area (Å²) < 4.78 is 12.9. The van der Waals surface area contributed by atoms with Crippen molar-refractivity contribution in [3.63, 3.8) is 0 Å². The van der Waals surface area contributed by atoms with Crippen LogP contribution in [0.5, 0.6) is 0 Å². The first-order valence-corrected chi connectivity index (χ1v) is 6.90. The van der Waals surface area contributed by atoms with E-state index in [1.54, 1.807) is 12.1 Å². The molecule has 2 unspecified atom stereocenters. The Balaban J connectivity index is 0.00000180. The second-order valence-corrected chi connectivity index (χ2v) is 5.33. The van der Waals surface area contributed by atoms with Gasteiger partial charge in [0.25, 0.3) is 0 Å². The first-order valence-electron chi connectivity index (χ1n) is 6.90. The third-order valence-corrected chi connectivity index (χ3v) is 3.97. The van der Waals surface area contributed by atoms with E-state index in [2.05, 4.69) is 11.8 Å². The number of hydrogen-bond donors (Lipinski definition) is 1. The van der Waals surface area contributed by atoms with Crippen LogP contribution >= 0.6 is 12.4 Å². The number of benzene rings is 1. The second kappa shape index (κ2) is 7.83. The lowest BCUT2D eigenvalue weighted by atomic mass is 9.96. The Bertz CT molecular complexity index is 369. The molecule has 1 aliphatic rings. The molecule has 1 saturated heterocycles. The molecule has 1 heterocycles. The summed E-state index contributed by atoms with van der Waals surface area (Å²) in [6.45, 7) is 5.12. The summed E-state index contributed by atoms with van der Waals surface area (Å²) in [4.78, 5) is 2.50. The monoisotopic (exact) mass is 286 g/mol. The molecule has 1 aromatic carbocycles. The van der Waals surface area contributed by atoms with Gasteiger partial charge in [-0.25, -0.2) is 4.39 Å². The van der Waals surface area contributed by atoms with Crippen molar-refractivity contribution in [3.05, 3.63) is 35.6 Å². The highest BCUT2D eigenvalue weighted by molar-refractivity contribution is 5.85. The zero-order valence-electron chi connectivity index (χ0n) is 11.5. The highest BCUT2D eigenvalue weighted by atomic mass is 35.5. The van der Waals surface area contributed by atoms with Crippen molar-refractivity contribution in [2.75, 3.05) is 19.6 Å². The van der Waals surface area contributed by atoms with Crippen LogP contribution < -0.4 is 5.73 Å². The molecule has 2 atom stereocenters. The van der Waals surface area contributed by atoms with Crippen LogP contribution in [0.4, 0.5) is 4.39 Å². The number of halogens is 2. The van der Waals surface area contributed by atoms with Gasteiger partial charge in [-0.2, -0.15) is 0 Å². The smallest absolute Gasteiger partial charge is 0.123 e. The number of rotatable bonds is 4. The molecule has 2 N–H and O–H groups in total. The van der Waals surface area contributed by atoms with Crippen LogP contribution in [0, 0.1) is 5.82 Å². The normalized spacial score (nSPS) is 21.7. The second-order valence-electron chi connectivity index (χ2n) is 5.33. The van der Waals surface area contributed by atoms with E-state index >= 15 is 0 Å². The van der Waals surface area contributed by atoms with Gasteiger partial charge in [-0.15, -0.1) is 12.4 Å². The lowest BCUT2D eigenvalue weighted by Crippen LogP contribution is -2.45. The fourth-order valence-electron chi connectivity index (χ4n) is 2.82. The molecule has 1 aromatic rings. The summed E-state index contributed by atoms with van der Waals surface area (Å²) in [6.07, 6.45) is 3.78. The van der Waals surface area contributed by atoms with Crippen LogP contribution in [0.25, 0.3) is 0 Å². The minimum atomic E-state index is -0.163. The predicted octanol–water partition coefficient (Wildman–Crippen LogP) is 3.16. The Labute approximate surface area is 121 Å². The maximum absolute atomic E-state index is 12.9. The van der Waals surface area contributed by atoms with Crippen molar-refractivity contribution in [3.8, 4) is 0 Å². The third-order valence-electron chi connectivity index (χ3n) is 3.97. The van der Waals surface area contributed by atoms with Gasteiger partial charge < -0.3 is 5.73 Å². The lowest BCUT2D eigenvalue weighted by molar-refractivity contribution is 0.146. The van der Waals surface area contributed by atoms with Gasteiger partial charge in [-0.1, -0.05) is 25.5 Å². The Morgan fingerprint density at radius 3 is 2.63 bits per heavy atom. The van der Waals surface area contributed by atoms with Gasteiger partial charge in [-0.05, 0) is 43.0 Å². The molecular weight excluding hydrogens is 263 g/mol. The van der Waals surface area contributed by atoms with Gasteiger partial charge in [-0.3, -0.25) is 4.90 Å². The highest BCUT2D eigenvalue weighted by Crippen LogP contribution is 2.22. The van der Waals surface area contributed by atoms with Gasteiger partial charge in [0.2, 0.25) is 0 Å². The molecule has 0 spiro atoms. The van der Waals surface area contributed by atoms with Gasteiger partial charge in [0, 0.05) is 19.1 Å². The van der Waals surface area contributed by atoms with Gasteiger partial charge in [0.1, 0.15) is 5.82 Å².